The number of anilines is 1. The van der Waals surface area contributed by atoms with Crippen molar-refractivity contribution in [1.29, 1.82) is 0 Å². The van der Waals surface area contributed by atoms with Gasteiger partial charge >= 0.3 is 0 Å². The molecule has 2 aromatic rings. The number of hydrogen-bond donors (Lipinski definition) is 1. The number of aryl methyl sites for hydroxylation is 2. The van der Waals surface area contributed by atoms with Gasteiger partial charge in [-0.25, -0.2) is 0 Å². The molecule has 0 saturated heterocycles. The molecule has 2 rings (SSSR count). The summed E-state index contributed by atoms with van der Waals surface area (Å²) in [5.41, 5.74) is 2.51. The van der Waals surface area contributed by atoms with Crippen LogP contribution in [0.25, 0.3) is 0 Å². The minimum Gasteiger partial charge on any atom is -0.383 e. The van der Waals surface area contributed by atoms with E-state index in [0.29, 0.717) is 11.4 Å². The van der Waals surface area contributed by atoms with Gasteiger partial charge in [0, 0.05) is 25.9 Å². The molecule has 0 aliphatic carbocycles. The average Bonchev–Trinajstić information content (AvgIpc) is 2.74. The highest BCUT2D eigenvalue weighted by Crippen LogP contribution is 2.29. The lowest BCUT2D eigenvalue weighted by Gasteiger charge is -2.05. The van der Waals surface area contributed by atoms with Crippen LogP contribution in [0, 0.1) is 17.0 Å². The zero-order valence-corrected chi connectivity index (χ0v) is 12.4. The Morgan fingerprint density at radius 2 is 2.20 bits per heavy atom. The summed E-state index contributed by atoms with van der Waals surface area (Å²) in [6.07, 6.45) is 0. The number of nitro groups is 1. The van der Waals surface area contributed by atoms with E-state index in [-0.39, 0.29) is 10.6 Å². The lowest BCUT2D eigenvalue weighted by molar-refractivity contribution is -0.384. The van der Waals surface area contributed by atoms with Crippen molar-refractivity contribution >= 4 is 23.1 Å². The maximum Gasteiger partial charge on any atom is 0.292 e. The first kappa shape index (κ1) is 14.4. The Labute approximate surface area is 121 Å². The first-order valence-electron chi connectivity index (χ1n) is 6.09. The average molecular weight is 292 g/mol. The molecule has 0 radical (unpaired) electrons. The fourth-order valence-corrected chi connectivity index (χ4v) is 2.88. The van der Waals surface area contributed by atoms with Gasteiger partial charge in [-0.3, -0.25) is 14.8 Å². The normalized spacial score (nSPS) is 10.6. The van der Waals surface area contributed by atoms with Crippen molar-refractivity contribution < 1.29 is 4.92 Å². The Morgan fingerprint density at radius 3 is 2.75 bits per heavy atom. The maximum absolute atomic E-state index is 11.0. The van der Waals surface area contributed by atoms with Crippen molar-refractivity contribution in [2.75, 3.05) is 12.4 Å². The SMILES string of the molecule is CNc1ccc(CSc2cc(C)nn2C)cc1[N+](=O)[O-]. The molecule has 6 nitrogen and oxygen atoms in total. The van der Waals surface area contributed by atoms with E-state index in [1.165, 1.54) is 0 Å². The van der Waals surface area contributed by atoms with E-state index in [4.69, 9.17) is 0 Å². The van der Waals surface area contributed by atoms with Crippen molar-refractivity contribution in [3.05, 3.63) is 45.6 Å². The molecule has 0 amide bonds. The van der Waals surface area contributed by atoms with Gasteiger partial charge in [-0.1, -0.05) is 6.07 Å². The number of nitrogens with zero attached hydrogens (tertiary/aromatic N) is 3. The smallest absolute Gasteiger partial charge is 0.292 e. The third-order valence-electron chi connectivity index (χ3n) is 2.87. The topological polar surface area (TPSA) is 73.0 Å². The van der Waals surface area contributed by atoms with Crippen LogP contribution in [0.1, 0.15) is 11.3 Å². The van der Waals surface area contributed by atoms with Gasteiger partial charge in [0.25, 0.3) is 5.69 Å². The quantitative estimate of drug-likeness (QED) is 0.521. The van der Waals surface area contributed by atoms with Crippen LogP contribution in [-0.4, -0.2) is 21.8 Å². The van der Waals surface area contributed by atoms with E-state index < -0.39 is 0 Å². The van der Waals surface area contributed by atoms with Crippen molar-refractivity contribution in [3.63, 3.8) is 0 Å². The lowest BCUT2D eigenvalue weighted by atomic mass is 10.2. The maximum atomic E-state index is 11.0. The zero-order chi connectivity index (χ0) is 14.7. The number of aromatic nitrogens is 2. The fourth-order valence-electron chi connectivity index (χ4n) is 1.91. The molecule has 0 bridgehead atoms. The van der Waals surface area contributed by atoms with E-state index in [0.717, 1.165) is 16.3 Å². The molecular formula is C13H16N4O2S. The number of hydrogen-bond acceptors (Lipinski definition) is 5. The van der Waals surface area contributed by atoms with Gasteiger partial charge in [-0.2, -0.15) is 5.10 Å². The van der Waals surface area contributed by atoms with Gasteiger partial charge < -0.3 is 5.32 Å². The molecule has 20 heavy (non-hydrogen) atoms. The molecule has 0 spiro atoms. The number of rotatable bonds is 5. The highest BCUT2D eigenvalue weighted by atomic mass is 32.2. The fraction of sp³-hybridized carbons (Fsp3) is 0.308. The van der Waals surface area contributed by atoms with Gasteiger partial charge in [-0.05, 0) is 24.6 Å². The predicted octanol–water partition coefficient (Wildman–Crippen LogP) is 2.97. The summed E-state index contributed by atoms with van der Waals surface area (Å²) in [5.74, 6) is 0.670. The van der Waals surface area contributed by atoms with Crippen molar-refractivity contribution in [1.82, 2.24) is 9.78 Å². The van der Waals surface area contributed by atoms with Crippen molar-refractivity contribution in [2.24, 2.45) is 7.05 Å². The van der Waals surface area contributed by atoms with Crippen LogP contribution in [0.3, 0.4) is 0 Å². The standard InChI is InChI=1S/C13H16N4O2S/c1-9-6-13(16(3)15-9)20-8-10-4-5-11(14-2)12(7-10)17(18)19/h4-7,14H,8H2,1-3H3. The van der Waals surface area contributed by atoms with Crippen molar-refractivity contribution in [3.8, 4) is 0 Å². The second-order valence-electron chi connectivity index (χ2n) is 4.39. The first-order valence-corrected chi connectivity index (χ1v) is 7.08. The summed E-state index contributed by atoms with van der Waals surface area (Å²) < 4.78 is 1.82. The largest absolute Gasteiger partial charge is 0.383 e. The first-order chi connectivity index (χ1) is 9.51. The molecule has 0 aliphatic heterocycles. The minimum atomic E-state index is -0.367. The monoisotopic (exact) mass is 292 g/mol. The lowest BCUT2D eigenvalue weighted by Crippen LogP contribution is -1.98. The molecule has 0 atom stereocenters. The summed E-state index contributed by atoms with van der Waals surface area (Å²) in [4.78, 5) is 10.6. The van der Waals surface area contributed by atoms with Gasteiger partial charge in [0.2, 0.25) is 0 Å². The highest BCUT2D eigenvalue weighted by molar-refractivity contribution is 7.98. The third-order valence-corrected chi connectivity index (χ3v) is 4.03. The summed E-state index contributed by atoms with van der Waals surface area (Å²) in [7, 11) is 3.57. The molecule has 1 N–H and O–H groups in total. The van der Waals surface area contributed by atoms with Crippen LogP contribution in [0.5, 0.6) is 0 Å². The number of nitrogens with one attached hydrogen (secondary N) is 1. The summed E-state index contributed by atoms with van der Waals surface area (Å²) in [6.45, 7) is 1.94. The second-order valence-corrected chi connectivity index (χ2v) is 5.39. The van der Waals surface area contributed by atoms with E-state index >= 15 is 0 Å². The van der Waals surface area contributed by atoms with Gasteiger partial charge in [0.05, 0.1) is 15.6 Å². The van der Waals surface area contributed by atoms with Crippen LogP contribution < -0.4 is 5.32 Å². The number of nitro benzene ring substituents is 1. The van der Waals surface area contributed by atoms with Gasteiger partial charge in [-0.15, -0.1) is 11.8 Å². The Kier molecular flexibility index (Phi) is 4.29. The minimum absolute atomic E-state index is 0.104. The van der Waals surface area contributed by atoms with E-state index in [9.17, 15) is 10.1 Å². The molecule has 1 heterocycles. The Hall–Kier alpha value is -2.02. The molecule has 0 aliphatic rings. The molecule has 1 aromatic carbocycles. The Bertz CT molecular complexity index is 639. The number of thioether (sulfide) groups is 1. The van der Waals surface area contributed by atoms with E-state index in [1.54, 1.807) is 30.9 Å². The second kappa shape index (κ2) is 5.96. The number of benzene rings is 1. The van der Waals surface area contributed by atoms with Crippen LogP contribution in [0.15, 0.2) is 29.3 Å². The van der Waals surface area contributed by atoms with Crippen LogP contribution in [0.2, 0.25) is 0 Å². The Balaban J connectivity index is 2.16. The summed E-state index contributed by atoms with van der Waals surface area (Å²) in [6, 6.07) is 7.25. The molecule has 106 valence electrons. The highest BCUT2D eigenvalue weighted by Gasteiger charge is 2.13. The molecule has 7 heteroatoms. The van der Waals surface area contributed by atoms with Gasteiger partial charge in [0.1, 0.15) is 5.69 Å². The third kappa shape index (κ3) is 3.11. The summed E-state index contributed by atoms with van der Waals surface area (Å²) >= 11 is 1.61. The predicted molar refractivity (Wildman–Crippen MR) is 80.1 cm³/mol. The molecular weight excluding hydrogens is 276 g/mol. The molecule has 0 saturated carbocycles. The zero-order valence-electron chi connectivity index (χ0n) is 11.6. The van der Waals surface area contributed by atoms with Crippen LogP contribution in [0.4, 0.5) is 11.4 Å². The molecule has 0 fully saturated rings. The van der Waals surface area contributed by atoms with E-state index in [2.05, 4.69) is 10.4 Å². The van der Waals surface area contributed by atoms with Gasteiger partial charge in [0.15, 0.2) is 0 Å². The van der Waals surface area contributed by atoms with Crippen LogP contribution in [-0.2, 0) is 12.8 Å². The molecule has 1 aromatic heterocycles. The van der Waals surface area contributed by atoms with E-state index in [1.807, 2.05) is 30.8 Å². The molecule has 0 unspecified atom stereocenters. The summed E-state index contributed by atoms with van der Waals surface area (Å²) in [5, 5.41) is 19.2. The van der Waals surface area contributed by atoms with Crippen LogP contribution >= 0.6 is 11.8 Å². The van der Waals surface area contributed by atoms with Crippen molar-refractivity contribution in [2.45, 2.75) is 17.7 Å². The Morgan fingerprint density at radius 1 is 1.45 bits per heavy atom.